The number of hydrogen-bond donors (Lipinski definition) is 1. The van der Waals surface area contributed by atoms with Gasteiger partial charge in [0, 0.05) is 18.8 Å². The zero-order valence-corrected chi connectivity index (χ0v) is 18.8. The summed E-state index contributed by atoms with van der Waals surface area (Å²) in [6.07, 6.45) is 12.3. The molecule has 5 nitrogen and oxygen atoms in total. The van der Waals surface area contributed by atoms with Crippen molar-refractivity contribution in [2.75, 3.05) is 38.2 Å². The molecule has 0 aromatic heterocycles. The van der Waals surface area contributed by atoms with E-state index in [0.29, 0.717) is 6.61 Å². The van der Waals surface area contributed by atoms with E-state index in [9.17, 15) is 4.79 Å². The second-order valence-electron chi connectivity index (χ2n) is 8.84. The summed E-state index contributed by atoms with van der Waals surface area (Å²) in [5.74, 6) is 0.861. The highest BCUT2D eigenvalue weighted by Crippen LogP contribution is 2.33. The maximum absolute atomic E-state index is 13.0. The number of hydrogen-bond acceptors (Lipinski definition) is 4. The molecule has 0 unspecified atom stereocenters. The number of rotatable bonds is 10. The minimum atomic E-state index is -0.656. The van der Waals surface area contributed by atoms with Crippen molar-refractivity contribution in [3.63, 3.8) is 0 Å². The molecule has 2 fully saturated rings. The Bertz CT molecular complexity index is 618. The summed E-state index contributed by atoms with van der Waals surface area (Å²) >= 11 is 0. The molecule has 0 bridgehead atoms. The predicted octanol–water partition coefficient (Wildman–Crippen LogP) is 5.40. The van der Waals surface area contributed by atoms with Crippen LogP contribution >= 0.6 is 0 Å². The summed E-state index contributed by atoms with van der Waals surface area (Å²) in [7, 11) is 0. The first-order valence-electron chi connectivity index (χ1n) is 12.1. The summed E-state index contributed by atoms with van der Waals surface area (Å²) in [6.45, 7) is 7.04. The van der Waals surface area contributed by atoms with E-state index in [1.54, 1.807) is 0 Å². The number of carbonyl (C=O) groups excluding carboxylic acids is 1. The van der Waals surface area contributed by atoms with Crippen LogP contribution in [0.1, 0.15) is 77.6 Å². The van der Waals surface area contributed by atoms with Crippen molar-refractivity contribution in [3.8, 4) is 5.75 Å². The number of ether oxygens (including phenoxy) is 2. The van der Waals surface area contributed by atoms with Gasteiger partial charge in [-0.2, -0.15) is 0 Å². The van der Waals surface area contributed by atoms with Gasteiger partial charge in [-0.15, -0.1) is 0 Å². The summed E-state index contributed by atoms with van der Waals surface area (Å²) in [5.41, 5.74) is 0.151. The SMILES string of the molecule is CCCOC1(C(=O)Nc2ccc(OCCCN3CCCCCC3)cc2)CCCCC1. The van der Waals surface area contributed by atoms with E-state index in [4.69, 9.17) is 9.47 Å². The summed E-state index contributed by atoms with van der Waals surface area (Å²) in [6, 6.07) is 7.75. The lowest BCUT2D eigenvalue weighted by Gasteiger charge is -2.35. The van der Waals surface area contributed by atoms with Crippen LogP contribution in [0.4, 0.5) is 5.69 Å². The van der Waals surface area contributed by atoms with Gasteiger partial charge in [-0.25, -0.2) is 0 Å². The van der Waals surface area contributed by atoms with E-state index in [1.807, 2.05) is 24.3 Å². The fourth-order valence-corrected chi connectivity index (χ4v) is 4.57. The van der Waals surface area contributed by atoms with Crippen molar-refractivity contribution in [1.82, 2.24) is 4.90 Å². The van der Waals surface area contributed by atoms with E-state index in [2.05, 4.69) is 17.1 Å². The molecule has 1 saturated carbocycles. The molecule has 5 heteroatoms. The Morgan fingerprint density at radius 3 is 2.30 bits per heavy atom. The highest BCUT2D eigenvalue weighted by atomic mass is 16.5. The van der Waals surface area contributed by atoms with Crippen LogP contribution in [0.5, 0.6) is 5.75 Å². The van der Waals surface area contributed by atoms with Crippen molar-refractivity contribution in [2.45, 2.75) is 83.2 Å². The topological polar surface area (TPSA) is 50.8 Å². The molecule has 3 rings (SSSR count). The predicted molar refractivity (Wildman–Crippen MR) is 122 cm³/mol. The molecule has 0 spiro atoms. The van der Waals surface area contributed by atoms with Crippen LogP contribution in [0.25, 0.3) is 0 Å². The first-order chi connectivity index (χ1) is 14.7. The highest BCUT2D eigenvalue weighted by Gasteiger charge is 2.40. The van der Waals surface area contributed by atoms with Gasteiger partial charge in [0.05, 0.1) is 6.61 Å². The molecule has 1 heterocycles. The van der Waals surface area contributed by atoms with E-state index in [-0.39, 0.29) is 5.91 Å². The standard InChI is InChI=1S/C25H40N2O3/c1-2-20-30-25(15-6-5-7-16-25)24(28)26-22-11-13-23(14-12-22)29-21-10-19-27-17-8-3-4-9-18-27/h11-14H,2-10,15-21H2,1H3,(H,26,28). The Hall–Kier alpha value is -1.59. The Morgan fingerprint density at radius 2 is 1.63 bits per heavy atom. The molecule has 2 aliphatic rings. The van der Waals surface area contributed by atoms with Gasteiger partial charge in [0.1, 0.15) is 11.4 Å². The third kappa shape index (κ3) is 6.98. The Labute approximate surface area is 182 Å². The number of anilines is 1. The number of benzene rings is 1. The number of nitrogens with one attached hydrogen (secondary N) is 1. The molecule has 30 heavy (non-hydrogen) atoms. The largest absolute Gasteiger partial charge is 0.494 e. The van der Waals surface area contributed by atoms with Crippen LogP contribution < -0.4 is 10.1 Å². The first kappa shape index (κ1) is 23.1. The number of carbonyl (C=O) groups is 1. The summed E-state index contributed by atoms with van der Waals surface area (Å²) in [4.78, 5) is 15.6. The second kappa shape index (κ2) is 12.3. The van der Waals surface area contributed by atoms with Crippen molar-refractivity contribution >= 4 is 11.6 Å². The third-order valence-electron chi connectivity index (χ3n) is 6.36. The van der Waals surface area contributed by atoms with E-state index in [0.717, 1.165) is 63.1 Å². The molecule has 1 aliphatic carbocycles. The van der Waals surface area contributed by atoms with Gasteiger partial charge in [-0.1, -0.05) is 39.0 Å². The fourth-order valence-electron chi connectivity index (χ4n) is 4.57. The Kier molecular flexibility index (Phi) is 9.47. The van der Waals surface area contributed by atoms with Gasteiger partial charge in [0.2, 0.25) is 0 Å². The van der Waals surface area contributed by atoms with Gasteiger partial charge in [0.15, 0.2) is 0 Å². The number of nitrogens with zero attached hydrogens (tertiary/aromatic N) is 1. The van der Waals surface area contributed by atoms with Crippen LogP contribution in [0.15, 0.2) is 24.3 Å². The molecule has 168 valence electrons. The smallest absolute Gasteiger partial charge is 0.256 e. The molecule has 0 radical (unpaired) electrons. The molecular formula is C25H40N2O3. The average molecular weight is 417 g/mol. The lowest BCUT2D eigenvalue weighted by Crippen LogP contribution is -2.47. The van der Waals surface area contributed by atoms with Crippen LogP contribution in [0.2, 0.25) is 0 Å². The van der Waals surface area contributed by atoms with Crippen molar-refractivity contribution < 1.29 is 14.3 Å². The van der Waals surface area contributed by atoms with Crippen molar-refractivity contribution in [2.24, 2.45) is 0 Å². The number of likely N-dealkylation sites (tertiary alicyclic amines) is 1. The van der Waals surface area contributed by atoms with E-state index < -0.39 is 5.60 Å². The van der Waals surface area contributed by atoms with Gasteiger partial charge in [-0.05, 0) is 75.9 Å². The quantitative estimate of drug-likeness (QED) is 0.519. The molecule has 1 saturated heterocycles. The minimum Gasteiger partial charge on any atom is -0.494 e. The van der Waals surface area contributed by atoms with Crippen molar-refractivity contribution in [1.29, 1.82) is 0 Å². The zero-order chi connectivity index (χ0) is 21.1. The Balaban J connectivity index is 1.43. The highest BCUT2D eigenvalue weighted by molar-refractivity contribution is 5.97. The van der Waals surface area contributed by atoms with Gasteiger partial charge >= 0.3 is 0 Å². The van der Waals surface area contributed by atoms with Gasteiger partial charge < -0.3 is 19.7 Å². The average Bonchev–Trinajstić information content (AvgIpc) is 3.06. The molecular weight excluding hydrogens is 376 g/mol. The maximum Gasteiger partial charge on any atom is 0.256 e. The first-order valence-corrected chi connectivity index (χ1v) is 12.1. The third-order valence-corrected chi connectivity index (χ3v) is 6.36. The van der Waals surface area contributed by atoms with Crippen LogP contribution in [0, 0.1) is 0 Å². The number of amides is 1. The molecule has 1 aliphatic heterocycles. The van der Waals surface area contributed by atoms with E-state index >= 15 is 0 Å². The Morgan fingerprint density at radius 1 is 0.967 bits per heavy atom. The van der Waals surface area contributed by atoms with Crippen molar-refractivity contribution in [3.05, 3.63) is 24.3 Å². The zero-order valence-electron chi connectivity index (χ0n) is 18.8. The minimum absolute atomic E-state index is 0.00164. The fraction of sp³-hybridized carbons (Fsp3) is 0.720. The molecule has 1 aromatic carbocycles. The second-order valence-corrected chi connectivity index (χ2v) is 8.84. The summed E-state index contributed by atoms with van der Waals surface area (Å²) in [5, 5.41) is 3.08. The normalized spacial score (nSPS) is 19.8. The maximum atomic E-state index is 13.0. The van der Waals surface area contributed by atoms with Gasteiger partial charge in [-0.3, -0.25) is 4.79 Å². The van der Waals surface area contributed by atoms with Crippen LogP contribution in [-0.2, 0) is 9.53 Å². The lowest BCUT2D eigenvalue weighted by molar-refractivity contribution is -0.146. The molecule has 1 amide bonds. The molecule has 1 N–H and O–H groups in total. The van der Waals surface area contributed by atoms with Crippen LogP contribution in [-0.4, -0.2) is 49.3 Å². The van der Waals surface area contributed by atoms with Gasteiger partial charge in [0.25, 0.3) is 5.91 Å². The van der Waals surface area contributed by atoms with Crippen LogP contribution in [0.3, 0.4) is 0 Å². The monoisotopic (exact) mass is 416 g/mol. The summed E-state index contributed by atoms with van der Waals surface area (Å²) < 4.78 is 12.0. The lowest BCUT2D eigenvalue weighted by atomic mass is 9.83. The molecule has 0 atom stereocenters. The molecule has 1 aromatic rings. The van der Waals surface area contributed by atoms with E-state index in [1.165, 1.54) is 45.2 Å².